The van der Waals surface area contributed by atoms with E-state index in [1.807, 2.05) is 0 Å². The van der Waals surface area contributed by atoms with E-state index in [-0.39, 0.29) is 0 Å². The molecule has 2 unspecified atom stereocenters. The van der Waals surface area contributed by atoms with Crippen LogP contribution < -0.4 is 5.32 Å². The van der Waals surface area contributed by atoms with Crippen LogP contribution in [0.3, 0.4) is 0 Å². The first-order valence-electron chi connectivity index (χ1n) is 7.92. The SMILES string of the molecule is CCN(CC)Cc1cccc(NC2CCCSC2C)c1. The largest absolute Gasteiger partial charge is 0.381 e. The lowest BCUT2D eigenvalue weighted by atomic mass is 10.1. The quantitative estimate of drug-likeness (QED) is 0.845. The van der Waals surface area contributed by atoms with Crippen molar-refractivity contribution in [3.05, 3.63) is 29.8 Å². The molecule has 0 bridgehead atoms. The third-order valence-electron chi connectivity index (χ3n) is 4.19. The van der Waals surface area contributed by atoms with Crippen LogP contribution in [0.5, 0.6) is 0 Å². The Morgan fingerprint density at radius 3 is 2.80 bits per heavy atom. The van der Waals surface area contributed by atoms with Crippen LogP contribution in [-0.2, 0) is 6.54 Å². The van der Waals surface area contributed by atoms with Crippen LogP contribution in [0.1, 0.15) is 39.2 Å². The lowest BCUT2D eigenvalue weighted by Crippen LogP contribution is -2.32. The average Bonchev–Trinajstić information content (AvgIpc) is 2.47. The summed E-state index contributed by atoms with van der Waals surface area (Å²) in [7, 11) is 0. The molecule has 0 aromatic heterocycles. The van der Waals surface area contributed by atoms with Gasteiger partial charge >= 0.3 is 0 Å². The maximum Gasteiger partial charge on any atom is 0.0377 e. The fraction of sp³-hybridized carbons (Fsp3) is 0.647. The van der Waals surface area contributed by atoms with Crippen molar-refractivity contribution in [2.24, 2.45) is 0 Å². The molecular formula is C17H28N2S. The standard InChI is InChI=1S/C17H28N2S/c1-4-19(5-2)13-15-8-6-9-16(12-15)18-17-10-7-11-20-14(17)3/h6,8-9,12,14,17-18H,4-5,7,10-11,13H2,1-3H3. The summed E-state index contributed by atoms with van der Waals surface area (Å²) in [5, 5.41) is 4.46. The summed E-state index contributed by atoms with van der Waals surface area (Å²) in [5.41, 5.74) is 2.70. The van der Waals surface area contributed by atoms with Gasteiger partial charge in [0.15, 0.2) is 0 Å². The van der Waals surface area contributed by atoms with E-state index in [1.54, 1.807) is 0 Å². The van der Waals surface area contributed by atoms with Crippen LogP contribution >= 0.6 is 11.8 Å². The number of hydrogen-bond donors (Lipinski definition) is 1. The van der Waals surface area contributed by atoms with Gasteiger partial charge in [0.1, 0.15) is 0 Å². The van der Waals surface area contributed by atoms with Crippen molar-refractivity contribution in [3.8, 4) is 0 Å². The van der Waals surface area contributed by atoms with Gasteiger partial charge in [0.25, 0.3) is 0 Å². The number of thioether (sulfide) groups is 1. The van der Waals surface area contributed by atoms with Gasteiger partial charge in [-0.1, -0.05) is 32.9 Å². The molecule has 0 amide bonds. The van der Waals surface area contributed by atoms with E-state index in [4.69, 9.17) is 0 Å². The summed E-state index contributed by atoms with van der Waals surface area (Å²) >= 11 is 2.10. The molecule has 0 spiro atoms. The molecule has 1 aliphatic rings. The van der Waals surface area contributed by atoms with Crippen molar-refractivity contribution in [3.63, 3.8) is 0 Å². The van der Waals surface area contributed by atoms with Gasteiger partial charge in [0, 0.05) is 23.5 Å². The Hall–Kier alpha value is -0.670. The van der Waals surface area contributed by atoms with E-state index >= 15 is 0 Å². The monoisotopic (exact) mass is 292 g/mol. The van der Waals surface area contributed by atoms with Gasteiger partial charge < -0.3 is 5.32 Å². The van der Waals surface area contributed by atoms with Crippen LogP contribution in [0.15, 0.2) is 24.3 Å². The lowest BCUT2D eigenvalue weighted by molar-refractivity contribution is 0.296. The molecule has 0 radical (unpaired) electrons. The second-order valence-corrected chi connectivity index (χ2v) is 7.12. The van der Waals surface area contributed by atoms with Gasteiger partial charge in [-0.05, 0) is 49.4 Å². The van der Waals surface area contributed by atoms with Crippen LogP contribution in [-0.4, -0.2) is 35.0 Å². The highest BCUT2D eigenvalue weighted by atomic mass is 32.2. The van der Waals surface area contributed by atoms with Crippen molar-refractivity contribution in [2.45, 2.75) is 51.4 Å². The Morgan fingerprint density at radius 1 is 1.30 bits per heavy atom. The molecule has 2 atom stereocenters. The van der Waals surface area contributed by atoms with Crippen LogP contribution in [0, 0.1) is 0 Å². The highest BCUT2D eigenvalue weighted by Gasteiger charge is 2.21. The molecule has 0 saturated carbocycles. The zero-order valence-electron chi connectivity index (χ0n) is 13.1. The third-order valence-corrected chi connectivity index (χ3v) is 5.57. The highest BCUT2D eigenvalue weighted by Crippen LogP contribution is 2.28. The van der Waals surface area contributed by atoms with Crippen LogP contribution in [0.4, 0.5) is 5.69 Å². The van der Waals surface area contributed by atoms with Gasteiger partial charge in [-0.3, -0.25) is 4.90 Å². The van der Waals surface area contributed by atoms with E-state index in [0.29, 0.717) is 6.04 Å². The summed E-state index contributed by atoms with van der Waals surface area (Å²) in [6.45, 7) is 10.1. The number of benzene rings is 1. The minimum absolute atomic E-state index is 0.623. The van der Waals surface area contributed by atoms with E-state index in [1.165, 1.54) is 29.8 Å². The minimum Gasteiger partial charge on any atom is -0.381 e. The Balaban J connectivity index is 1.98. The molecule has 2 rings (SSSR count). The molecule has 1 saturated heterocycles. The predicted octanol–water partition coefficient (Wildman–Crippen LogP) is 4.22. The van der Waals surface area contributed by atoms with E-state index < -0.39 is 0 Å². The molecule has 2 nitrogen and oxygen atoms in total. The van der Waals surface area contributed by atoms with Crippen LogP contribution in [0.2, 0.25) is 0 Å². The van der Waals surface area contributed by atoms with Gasteiger partial charge in [-0.25, -0.2) is 0 Å². The van der Waals surface area contributed by atoms with E-state index in [0.717, 1.165) is 24.9 Å². The highest BCUT2D eigenvalue weighted by molar-refractivity contribution is 8.00. The van der Waals surface area contributed by atoms with Gasteiger partial charge in [-0.15, -0.1) is 0 Å². The van der Waals surface area contributed by atoms with Gasteiger partial charge in [-0.2, -0.15) is 11.8 Å². The molecule has 1 fully saturated rings. The summed E-state index contributed by atoms with van der Waals surface area (Å²) < 4.78 is 0. The van der Waals surface area contributed by atoms with Crippen molar-refractivity contribution < 1.29 is 0 Å². The lowest BCUT2D eigenvalue weighted by Gasteiger charge is -2.30. The first-order valence-corrected chi connectivity index (χ1v) is 8.97. The molecule has 0 aliphatic carbocycles. The summed E-state index contributed by atoms with van der Waals surface area (Å²) in [6, 6.07) is 9.57. The molecular weight excluding hydrogens is 264 g/mol. The van der Waals surface area contributed by atoms with Gasteiger partial charge in [0.05, 0.1) is 0 Å². The fourth-order valence-electron chi connectivity index (χ4n) is 2.79. The summed E-state index contributed by atoms with van der Waals surface area (Å²) in [5.74, 6) is 1.32. The maximum atomic E-state index is 3.74. The number of anilines is 1. The van der Waals surface area contributed by atoms with E-state index in [2.05, 4.69) is 67.0 Å². The number of nitrogens with one attached hydrogen (secondary N) is 1. The number of nitrogens with zero attached hydrogens (tertiary/aromatic N) is 1. The van der Waals surface area contributed by atoms with Gasteiger partial charge in [0.2, 0.25) is 0 Å². The van der Waals surface area contributed by atoms with Crippen molar-refractivity contribution >= 4 is 17.4 Å². The average molecular weight is 292 g/mol. The fourth-order valence-corrected chi connectivity index (χ4v) is 3.93. The molecule has 1 aromatic rings. The Bertz CT molecular complexity index is 404. The minimum atomic E-state index is 0.623. The normalized spacial score (nSPS) is 23.0. The Morgan fingerprint density at radius 2 is 2.10 bits per heavy atom. The zero-order valence-corrected chi connectivity index (χ0v) is 13.9. The zero-order chi connectivity index (χ0) is 14.4. The first kappa shape index (κ1) is 15.7. The van der Waals surface area contributed by atoms with Crippen molar-refractivity contribution in [1.29, 1.82) is 0 Å². The number of hydrogen-bond acceptors (Lipinski definition) is 3. The topological polar surface area (TPSA) is 15.3 Å². The Kier molecular flexibility index (Phi) is 6.24. The second kappa shape index (κ2) is 7.94. The second-order valence-electron chi connectivity index (χ2n) is 5.63. The smallest absolute Gasteiger partial charge is 0.0377 e. The summed E-state index contributed by atoms with van der Waals surface area (Å²) in [6.07, 6.45) is 2.64. The molecule has 1 aliphatic heterocycles. The van der Waals surface area contributed by atoms with E-state index in [9.17, 15) is 0 Å². The molecule has 20 heavy (non-hydrogen) atoms. The third kappa shape index (κ3) is 4.42. The number of rotatable bonds is 6. The molecule has 112 valence electrons. The molecule has 1 heterocycles. The Labute approximate surface area is 128 Å². The first-order chi connectivity index (χ1) is 9.72. The maximum absolute atomic E-state index is 3.74. The van der Waals surface area contributed by atoms with Crippen molar-refractivity contribution in [1.82, 2.24) is 4.90 Å². The predicted molar refractivity (Wildman–Crippen MR) is 91.6 cm³/mol. The molecule has 1 aromatic carbocycles. The summed E-state index contributed by atoms with van der Waals surface area (Å²) in [4.78, 5) is 2.46. The van der Waals surface area contributed by atoms with Crippen molar-refractivity contribution in [2.75, 3.05) is 24.2 Å². The van der Waals surface area contributed by atoms with Crippen LogP contribution in [0.25, 0.3) is 0 Å². The molecule has 1 N–H and O–H groups in total. The molecule has 3 heteroatoms.